The largest absolute Gasteiger partial charge is 0.384 e. The summed E-state index contributed by atoms with van der Waals surface area (Å²) in [5.41, 5.74) is 11.9. The van der Waals surface area contributed by atoms with Gasteiger partial charge in [-0.2, -0.15) is 5.10 Å². The van der Waals surface area contributed by atoms with E-state index in [1.165, 1.54) is 16.7 Å². The summed E-state index contributed by atoms with van der Waals surface area (Å²) in [7, 11) is 1.88. The molecule has 0 aliphatic carbocycles. The molecule has 2 aromatic rings. The van der Waals surface area contributed by atoms with Gasteiger partial charge in [0.2, 0.25) is 0 Å². The summed E-state index contributed by atoms with van der Waals surface area (Å²) < 4.78 is 1.74. The van der Waals surface area contributed by atoms with Crippen LogP contribution in [0.2, 0.25) is 0 Å². The van der Waals surface area contributed by atoms with Crippen LogP contribution in [0, 0.1) is 13.8 Å². The fourth-order valence-corrected chi connectivity index (χ4v) is 2.24. The van der Waals surface area contributed by atoms with Gasteiger partial charge in [0.15, 0.2) is 0 Å². The highest BCUT2D eigenvalue weighted by Gasteiger charge is 2.18. The molecule has 0 aliphatic heterocycles. The summed E-state index contributed by atoms with van der Waals surface area (Å²) in [6, 6.07) is 6.60. The van der Waals surface area contributed by atoms with Crippen LogP contribution in [-0.2, 0) is 12.5 Å². The molecule has 3 nitrogen and oxygen atoms in total. The first-order chi connectivity index (χ1) is 8.71. The molecule has 0 bridgehead atoms. The maximum absolute atomic E-state index is 6.01. The molecule has 3 heteroatoms. The molecule has 0 amide bonds. The molecule has 1 aromatic carbocycles. The predicted octanol–water partition coefficient (Wildman–Crippen LogP) is 3.58. The summed E-state index contributed by atoms with van der Waals surface area (Å²) in [5, 5.41) is 4.56. The number of nitrogens with zero attached hydrogens (tertiary/aromatic N) is 2. The summed E-state index contributed by atoms with van der Waals surface area (Å²) in [4.78, 5) is 0. The molecule has 0 atom stereocenters. The molecule has 2 N–H and O–H groups in total. The van der Waals surface area contributed by atoms with Crippen molar-refractivity contribution in [1.29, 1.82) is 0 Å². The summed E-state index contributed by atoms with van der Waals surface area (Å²) >= 11 is 0. The van der Waals surface area contributed by atoms with Gasteiger partial charge in [0.25, 0.3) is 0 Å². The van der Waals surface area contributed by atoms with E-state index in [1.807, 2.05) is 14.0 Å². The van der Waals surface area contributed by atoms with Gasteiger partial charge in [-0.3, -0.25) is 4.68 Å². The van der Waals surface area contributed by atoms with Crippen molar-refractivity contribution in [2.75, 3.05) is 5.73 Å². The van der Waals surface area contributed by atoms with Gasteiger partial charge in [-0.1, -0.05) is 32.9 Å². The number of hydrogen-bond acceptors (Lipinski definition) is 2. The molecule has 0 radical (unpaired) electrons. The van der Waals surface area contributed by atoms with Crippen LogP contribution in [0.5, 0.6) is 0 Å². The normalized spacial score (nSPS) is 11.9. The third kappa shape index (κ3) is 2.37. The first-order valence-electron chi connectivity index (χ1n) is 6.62. The van der Waals surface area contributed by atoms with E-state index in [4.69, 9.17) is 5.73 Å². The zero-order chi connectivity index (χ0) is 14.4. The molecular formula is C16H23N3. The Morgan fingerprint density at radius 3 is 2.26 bits per heavy atom. The maximum atomic E-state index is 6.01. The molecule has 19 heavy (non-hydrogen) atoms. The lowest BCUT2D eigenvalue weighted by molar-refractivity contribution is 0.590. The average molecular weight is 257 g/mol. The highest BCUT2D eigenvalue weighted by molar-refractivity contribution is 5.71. The van der Waals surface area contributed by atoms with Crippen LogP contribution in [0.1, 0.15) is 37.5 Å². The second-order valence-corrected chi connectivity index (χ2v) is 6.26. The Morgan fingerprint density at radius 1 is 1.16 bits per heavy atom. The standard InChI is InChI=1S/C16H23N3/c1-10-7-8-12(16(3,4)5)9-13(10)14-11(2)15(17)19(6)18-14/h7-9H,17H2,1-6H3. The molecule has 0 saturated carbocycles. The molecule has 0 fully saturated rings. The van der Waals surface area contributed by atoms with Crippen LogP contribution < -0.4 is 5.73 Å². The SMILES string of the molecule is Cc1ccc(C(C)(C)C)cc1-c1nn(C)c(N)c1C. The predicted molar refractivity (Wildman–Crippen MR) is 81.2 cm³/mol. The van der Waals surface area contributed by atoms with Crippen molar-refractivity contribution < 1.29 is 0 Å². The van der Waals surface area contributed by atoms with E-state index in [1.54, 1.807) is 4.68 Å². The number of nitrogen functional groups attached to an aromatic ring is 1. The lowest BCUT2D eigenvalue weighted by Crippen LogP contribution is -2.11. The third-order valence-corrected chi connectivity index (χ3v) is 3.70. The van der Waals surface area contributed by atoms with Crippen molar-refractivity contribution in [3.05, 3.63) is 34.9 Å². The highest BCUT2D eigenvalue weighted by Crippen LogP contribution is 2.32. The van der Waals surface area contributed by atoms with Gasteiger partial charge >= 0.3 is 0 Å². The number of aryl methyl sites for hydroxylation is 2. The third-order valence-electron chi connectivity index (χ3n) is 3.70. The fraction of sp³-hybridized carbons (Fsp3) is 0.438. The molecule has 0 spiro atoms. The van der Waals surface area contributed by atoms with Crippen molar-refractivity contribution >= 4 is 5.82 Å². The van der Waals surface area contributed by atoms with Gasteiger partial charge in [0.1, 0.15) is 5.82 Å². The maximum Gasteiger partial charge on any atom is 0.124 e. The van der Waals surface area contributed by atoms with Crippen LogP contribution >= 0.6 is 0 Å². The van der Waals surface area contributed by atoms with E-state index in [9.17, 15) is 0 Å². The van der Waals surface area contributed by atoms with Gasteiger partial charge in [0, 0.05) is 18.2 Å². The number of nitrogens with two attached hydrogens (primary N) is 1. The van der Waals surface area contributed by atoms with Gasteiger partial charge in [-0.05, 0) is 36.5 Å². The van der Waals surface area contributed by atoms with E-state index in [0.717, 1.165) is 17.1 Å². The highest BCUT2D eigenvalue weighted by atomic mass is 15.3. The lowest BCUT2D eigenvalue weighted by atomic mass is 9.84. The number of aromatic nitrogens is 2. The topological polar surface area (TPSA) is 43.8 Å². The zero-order valence-corrected chi connectivity index (χ0v) is 12.7. The van der Waals surface area contributed by atoms with Crippen molar-refractivity contribution in [2.24, 2.45) is 7.05 Å². The van der Waals surface area contributed by atoms with Gasteiger partial charge in [-0.15, -0.1) is 0 Å². The van der Waals surface area contributed by atoms with Crippen molar-refractivity contribution in [2.45, 2.75) is 40.0 Å². The van der Waals surface area contributed by atoms with E-state index in [0.29, 0.717) is 0 Å². The number of benzene rings is 1. The molecule has 1 aromatic heterocycles. The Morgan fingerprint density at radius 2 is 1.79 bits per heavy atom. The molecule has 0 aliphatic rings. The Labute approximate surface area is 115 Å². The van der Waals surface area contributed by atoms with Crippen LogP contribution in [0.3, 0.4) is 0 Å². The van der Waals surface area contributed by atoms with E-state index >= 15 is 0 Å². The fourth-order valence-electron chi connectivity index (χ4n) is 2.24. The number of anilines is 1. The van der Waals surface area contributed by atoms with Gasteiger partial charge < -0.3 is 5.73 Å². The van der Waals surface area contributed by atoms with Crippen LogP contribution in [-0.4, -0.2) is 9.78 Å². The number of rotatable bonds is 1. The number of hydrogen-bond donors (Lipinski definition) is 1. The zero-order valence-electron chi connectivity index (χ0n) is 12.7. The van der Waals surface area contributed by atoms with E-state index in [-0.39, 0.29) is 5.41 Å². The molecule has 0 saturated heterocycles. The Hall–Kier alpha value is -1.77. The first-order valence-corrected chi connectivity index (χ1v) is 6.62. The molecule has 1 heterocycles. The monoisotopic (exact) mass is 257 g/mol. The summed E-state index contributed by atoms with van der Waals surface area (Å²) in [6.07, 6.45) is 0. The quantitative estimate of drug-likeness (QED) is 0.848. The average Bonchev–Trinajstić information content (AvgIpc) is 2.56. The van der Waals surface area contributed by atoms with Crippen molar-refractivity contribution in [3.8, 4) is 11.3 Å². The van der Waals surface area contributed by atoms with E-state index < -0.39 is 0 Å². The molecule has 102 valence electrons. The first kappa shape index (κ1) is 13.7. The van der Waals surface area contributed by atoms with E-state index in [2.05, 4.69) is 51.0 Å². The van der Waals surface area contributed by atoms with Gasteiger partial charge in [-0.25, -0.2) is 0 Å². The second-order valence-electron chi connectivity index (χ2n) is 6.26. The summed E-state index contributed by atoms with van der Waals surface area (Å²) in [6.45, 7) is 10.8. The van der Waals surface area contributed by atoms with Crippen LogP contribution in [0.25, 0.3) is 11.3 Å². The Kier molecular flexibility index (Phi) is 3.17. The Balaban J connectivity index is 2.65. The molecule has 0 unspecified atom stereocenters. The minimum Gasteiger partial charge on any atom is -0.384 e. The Bertz CT molecular complexity index is 616. The molecular weight excluding hydrogens is 234 g/mol. The van der Waals surface area contributed by atoms with Crippen molar-refractivity contribution in [1.82, 2.24) is 9.78 Å². The molecule has 2 rings (SSSR count). The second kappa shape index (κ2) is 4.41. The van der Waals surface area contributed by atoms with Crippen LogP contribution in [0.15, 0.2) is 18.2 Å². The lowest BCUT2D eigenvalue weighted by Gasteiger charge is -2.20. The minimum atomic E-state index is 0.136. The van der Waals surface area contributed by atoms with Crippen LogP contribution in [0.4, 0.5) is 5.82 Å². The summed E-state index contributed by atoms with van der Waals surface area (Å²) in [5.74, 6) is 0.732. The van der Waals surface area contributed by atoms with Crippen molar-refractivity contribution in [3.63, 3.8) is 0 Å². The minimum absolute atomic E-state index is 0.136. The smallest absolute Gasteiger partial charge is 0.124 e. The van der Waals surface area contributed by atoms with Gasteiger partial charge in [0.05, 0.1) is 5.69 Å².